The number of hydrogen-bond donors (Lipinski definition) is 5. The smallest absolute Gasteiger partial charge is 0.339 e. The largest absolute Gasteiger partial charge is 0.497 e. The number of carbonyl (C=O) groups is 3. The van der Waals surface area contributed by atoms with Gasteiger partial charge in [0, 0.05) is 47.3 Å². The summed E-state index contributed by atoms with van der Waals surface area (Å²) in [5, 5.41) is 42.1. The van der Waals surface area contributed by atoms with E-state index in [4.69, 9.17) is 31.5 Å². The van der Waals surface area contributed by atoms with Crippen molar-refractivity contribution < 1.29 is 34.1 Å². The molecular weight excluding hydrogens is 796 g/mol. The Hall–Kier alpha value is -6.05. The number of methoxy groups -OCH3 is 1. The lowest BCUT2D eigenvalue weighted by molar-refractivity contribution is -0.169. The molecule has 13 nitrogen and oxygen atoms in total. The molecule has 0 bridgehead atoms. The van der Waals surface area contributed by atoms with E-state index in [1.807, 2.05) is 35.2 Å². The molecule has 61 heavy (non-hydrogen) atoms. The van der Waals surface area contributed by atoms with Crippen molar-refractivity contribution in [2.45, 2.75) is 76.0 Å². The predicted molar refractivity (Wildman–Crippen MR) is 235 cm³/mol. The third kappa shape index (κ3) is 9.63. The van der Waals surface area contributed by atoms with Gasteiger partial charge in [-0.15, -0.1) is 0 Å². The first-order chi connectivity index (χ1) is 29.3. The molecule has 2 unspecified atom stereocenters. The minimum absolute atomic E-state index is 0.00827. The molecule has 1 saturated heterocycles. The molecular formula is C47H51ClN6O7. The summed E-state index contributed by atoms with van der Waals surface area (Å²) < 4.78 is 11.3. The number of carbonyl (C=O) groups excluding carboxylic acids is 2. The van der Waals surface area contributed by atoms with Crippen LogP contribution in [0.2, 0.25) is 5.02 Å². The van der Waals surface area contributed by atoms with Crippen LogP contribution in [0.5, 0.6) is 11.5 Å². The van der Waals surface area contributed by atoms with Gasteiger partial charge < -0.3 is 29.9 Å². The zero-order chi connectivity index (χ0) is 43.3. The molecule has 318 valence electrons. The van der Waals surface area contributed by atoms with Gasteiger partial charge in [0.25, 0.3) is 5.91 Å². The number of nitrogens with one attached hydrogen (secondary N) is 3. The molecule has 1 saturated carbocycles. The lowest BCUT2D eigenvalue weighted by atomic mass is 9.86. The molecule has 14 heteroatoms. The molecule has 5 N–H and O–H groups in total. The number of benzodiazepines with no additional fused rings is 1. The summed E-state index contributed by atoms with van der Waals surface area (Å²) in [6, 6.07) is 26.5. The molecule has 4 aromatic rings. The molecule has 0 aromatic heterocycles. The number of fused-ring (bicyclic) bond motifs is 1. The van der Waals surface area contributed by atoms with Crippen LogP contribution in [0.1, 0.15) is 90.4 Å². The molecule has 7 rings (SSSR count). The van der Waals surface area contributed by atoms with Gasteiger partial charge in [-0.05, 0) is 98.2 Å². The first-order valence-electron chi connectivity index (χ1n) is 20.6. The number of benzene rings is 4. The van der Waals surface area contributed by atoms with E-state index in [2.05, 4.69) is 17.4 Å². The van der Waals surface area contributed by atoms with E-state index >= 15 is 0 Å². The Bertz CT molecular complexity index is 2340. The number of aliphatic hydroxyl groups is 1. The number of aliphatic imine (C=N–C) groups is 1. The van der Waals surface area contributed by atoms with Gasteiger partial charge in [0.15, 0.2) is 5.60 Å². The van der Waals surface area contributed by atoms with Crippen LogP contribution in [0.15, 0.2) is 96.0 Å². The van der Waals surface area contributed by atoms with Crippen molar-refractivity contribution >= 4 is 52.5 Å². The zero-order valence-electron chi connectivity index (χ0n) is 34.3. The molecule has 2 fully saturated rings. The number of hydrogen-bond acceptors (Lipinski definition) is 9. The number of amidine groups is 2. The Kier molecular flexibility index (Phi) is 13.2. The van der Waals surface area contributed by atoms with E-state index in [0.29, 0.717) is 65.0 Å². The quantitative estimate of drug-likeness (QED) is 0.0677. The van der Waals surface area contributed by atoms with Gasteiger partial charge in [-0.1, -0.05) is 66.9 Å². The fraction of sp³-hybridized carbons (Fsp3) is 0.362. The van der Waals surface area contributed by atoms with Gasteiger partial charge >= 0.3 is 5.97 Å². The van der Waals surface area contributed by atoms with Crippen molar-refractivity contribution in [2.75, 3.05) is 31.7 Å². The van der Waals surface area contributed by atoms with Gasteiger partial charge in [-0.2, -0.15) is 0 Å². The van der Waals surface area contributed by atoms with Crippen LogP contribution in [0.4, 0.5) is 5.69 Å². The van der Waals surface area contributed by atoms with Crippen LogP contribution in [-0.2, 0) is 16.1 Å². The fourth-order valence-corrected chi connectivity index (χ4v) is 8.73. The van der Waals surface area contributed by atoms with Crippen LogP contribution >= 0.6 is 11.6 Å². The van der Waals surface area contributed by atoms with E-state index in [-0.39, 0.29) is 54.9 Å². The number of halogens is 1. The lowest BCUT2D eigenvalue weighted by Gasteiger charge is -2.32. The fourth-order valence-electron chi connectivity index (χ4n) is 8.61. The van der Waals surface area contributed by atoms with E-state index in [0.717, 1.165) is 42.4 Å². The molecule has 1 aliphatic carbocycles. The number of carboxylic acids is 1. The number of anilines is 1. The second-order valence-corrected chi connectivity index (χ2v) is 16.4. The van der Waals surface area contributed by atoms with Gasteiger partial charge in [0.05, 0.1) is 24.9 Å². The first-order valence-corrected chi connectivity index (χ1v) is 21.0. The van der Waals surface area contributed by atoms with Crippen LogP contribution < -0.4 is 19.7 Å². The van der Waals surface area contributed by atoms with Gasteiger partial charge in [-0.3, -0.25) is 30.3 Å². The maximum absolute atomic E-state index is 13.6. The number of amides is 2. The Labute approximate surface area is 360 Å². The Morgan fingerprint density at radius 2 is 1.66 bits per heavy atom. The minimum Gasteiger partial charge on any atom is -0.497 e. The highest BCUT2D eigenvalue weighted by molar-refractivity contribution is 6.31. The van der Waals surface area contributed by atoms with Gasteiger partial charge in [-0.25, -0.2) is 4.79 Å². The number of aliphatic carboxylic acids is 1. The van der Waals surface area contributed by atoms with E-state index in [1.54, 1.807) is 62.6 Å². The molecule has 4 aromatic carbocycles. The summed E-state index contributed by atoms with van der Waals surface area (Å²) in [6.45, 7) is 2.57. The summed E-state index contributed by atoms with van der Waals surface area (Å²) in [6.07, 6.45) is 4.42. The molecule has 2 aliphatic heterocycles. The lowest BCUT2D eigenvalue weighted by Crippen LogP contribution is -2.50. The monoisotopic (exact) mass is 846 g/mol. The highest BCUT2D eigenvalue weighted by Crippen LogP contribution is 2.36. The second-order valence-electron chi connectivity index (χ2n) is 16.0. The first kappa shape index (κ1) is 43.1. The predicted octanol–water partition coefficient (Wildman–Crippen LogP) is 7.46. The standard InChI is InChI=1S/C47H51ClN6O7/c1-29(49)54-41-18-17-37(60-2)25-39(41)43(32-13-15-36(48)16-14-32)52-40(44(54)50)26-42(55)51-27-30-7-5-8-33(23-30)31-19-21-53(22-20-31)45(56)34-9-6-12-38(24-34)61-28-47(59,46(57)58)35-10-3-4-11-35/h5-9,12-18,23-25,31,35,40,49-50,59H,3-4,10-11,19-22,26-28H2,1-2H3,(H,51,55)(H,57,58). The number of nitrogens with zero attached hydrogens (tertiary/aromatic N) is 3. The number of carboxylic acid groups (broad SMARTS) is 1. The van der Waals surface area contributed by atoms with Crippen LogP contribution in [-0.4, -0.2) is 88.7 Å². The van der Waals surface area contributed by atoms with E-state index < -0.39 is 17.6 Å². The number of piperidine rings is 1. The average Bonchev–Trinajstić information content (AvgIpc) is 3.79. The molecule has 0 spiro atoms. The van der Waals surface area contributed by atoms with Crippen molar-refractivity contribution in [1.82, 2.24) is 10.2 Å². The van der Waals surface area contributed by atoms with Crippen molar-refractivity contribution in [3.8, 4) is 11.5 Å². The van der Waals surface area contributed by atoms with Gasteiger partial charge in [0.2, 0.25) is 5.91 Å². The third-order valence-corrected chi connectivity index (χ3v) is 12.3. The molecule has 2 heterocycles. The minimum atomic E-state index is -1.98. The Balaban J connectivity index is 0.970. The van der Waals surface area contributed by atoms with Gasteiger partial charge in [0.1, 0.15) is 35.8 Å². The molecule has 3 aliphatic rings. The summed E-state index contributed by atoms with van der Waals surface area (Å²) in [5.74, 6) is -0.843. The number of likely N-dealkylation sites (tertiary alicyclic amines) is 1. The van der Waals surface area contributed by atoms with E-state index in [9.17, 15) is 30.0 Å². The van der Waals surface area contributed by atoms with Crippen molar-refractivity contribution in [1.29, 1.82) is 10.8 Å². The SMILES string of the molecule is COc1ccc2c(c1)C(c1ccc(Cl)cc1)=NC(CC(=O)NCc1cccc(C3CCN(C(=O)c4cccc(OCC(O)(C(=O)O)C5CCCC5)c4)CC3)c1)C(=N)N2C(C)=N. The zero-order valence-corrected chi connectivity index (χ0v) is 35.1. The summed E-state index contributed by atoms with van der Waals surface area (Å²) in [5.41, 5.74) is 3.05. The third-order valence-electron chi connectivity index (χ3n) is 12.0. The maximum atomic E-state index is 13.6. The summed E-state index contributed by atoms with van der Waals surface area (Å²) >= 11 is 6.22. The Morgan fingerprint density at radius 3 is 2.34 bits per heavy atom. The topological polar surface area (TPSA) is 189 Å². The average molecular weight is 847 g/mol. The van der Waals surface area contributed by atoms with Crippen molar-refractivity contribution in [2.24, 2.45) is 10.9 Å². The second kappa shape index (κ2) is 18.7. The number of ether oxygens (including phenoxy) is 2. The highest BCUT2D eigenvalue weighted by Gasteiger charge is 2.46. The maximum Gasteiger partial charge on any atom is 0.339 e. The van der Waals surface area contributed by atoms with Crippen molar-refractivity contribution in [3.05, 3.63) is 124 Å². The normalized spacial score (nSPS) is 18.1. The van der Waals surface area contributed by atoms with E-state index in [1.165, 1.54) is 4.90 Å². The van der Waals surface area contributed by atoms with Crippen LogP contribution in [0.3, 0.4) is 0 Å². The van der Waals surface area contributed by atoms with Crippen molar-refractivity contribution in [3.63, 3.8) is 0 Å². The molecule has 2 amide bonds. The molecule has 2 atom stereocenters. The highest BCUT2D eigenvalue weighted by atomic mass is 35.5. The molecule has 0 radical (unpaired) electrons. The van der Waals surface area contributed by atoms with Crippen LogP contribution in [0.25, 0.3) is 0 Å². The summed E-state index contributed by atoms with van der Waals surface area (Å²) in [7, 11) is 1.57. The van der Waals surface area contributed by atoms with Crippen LogP contribution in [0, 0.1) is 16.7 Å². The number of rotatable bonds is 13. The Morgan fingerprint density at radius 1 is 0.934 bits per heavy atom. The summed E-state index contributed by atoms with van der Waals surface area (Å²) in [4.78, 5) is 47.5.